The van der Waals surface area contributed by atoms with E-state index in [4.69, 9.17) is 4.74 Å². The van der Waals surface area contributed by atoms with Crippen LogP contribution in [0.3, 0.4) is 0 Å². The number of hydrogen-bond acceptors (Lipinski definition) is 4. The number of ether oxygens (including phenoxy) is 1. The normalized spacial score (nSPS) is 17.7. The minimum Gasteiger partial charge on any atom is -0.459 e. The molecule has 0 amide bonds. The van der Waals surface area contributed by atoms with Crippen LogP contribution in [-0.2, 0) is 4.74 Å². The number of carbonyl (C=O) groups is 1. The summed E-state index contributed by atoms with van der Waals surface area (Å²) >= 11 is 0. The molecule has 0 spiro atoms. The molecule has 0 aromatic heterocycles. The second-order valence-corrected chi connectivity index (χ2v) is 6.68. The van der Waals surface area contributed by atoms with Crippen molar-refractivity contribution < 1.29 is 19.7 Å². The highest BCUT2D eigenvalue weighted by Gasteiger charge is 2.53. The van der Waals surface area contributed by atoms with E-state index in [0.29, 0.717) is 12.0 Å². The van der Waals surface area contributed by atoms with Crippen LogP contribution in [0.2, 0.25) is 0 Å². The quantitative estimate of drug-likeness (QED) is 0.820. The fourth-order valence-electron chi connectivity index (χ4n) is 2.70. The Hall–Kier alpha value is -1.39. The van der Waals surface area contributed by atoms with Gasteiger partial charge in [-0.2, -0.15) is 0 Å². The molecule has 0 saturated carbocycles. The average molecular weight is 294 g/mol. The van der Waals surface area contributed by atoms with Crippen LogP contribution in [0.1, 0.15) is 51.4 Å². The maximum Gasteiger partial charge on any atom is 0.338 e. The molecule has 0 fully saturated rings. The lowest BCUT2D eigenvalue weighted by Crippen LogP contribution is -2.62. The largest absolute Gasteiger partial charge is 0.459 e. The van der Waals surface area contributed by atoms with Gasteiger partial charge in [0.05, 0.1) is 5.56 Å². The molecule has 2 atom stereocenters. The first-order valence-electron chi connectivity index (χ1n) is 7.22. The third kappa shape index (κ3) is 3.63. The predicted molar refractivity (Wildman–Crippen MR) is 82.0 cm³/mol. The van der Waals surface area contributed by atoms with Crippen molar-refractivity contribution in [3.63, 3.8) is 0 Å². The van der Waals surface area contributed by atoms with Crippen LogP contribution in [0.5, 0.6) is 0 Å². The molecule has 21 heavy (non-hydrogen) atoms. The van der Waals surface area contributed by atoms with Crippen LogP contribution in [0, 0.1) is 5.41 Å². The van der Waals surface area contributed by atoms with Gasteiger partial charge in [-0.1, -0.05) is 45.9 Å². The molecular formula is C17H26O4. The average Bonchev–Trinajstić information content (AvgIpc) is 2.43. The topological polar surface area (TPSA) is 66.8 Å². The summed E-state index contributed by atoms with van der Waals surface area (Å²) in [5, 5.41) is 21.5. The summed E-state index contributed by atoms with van der Waals surface area (Å²) < 4.78 is 5.19. The van der Waals surface area contributed by atoms with Gasteiger partial charge in [-0.25, -0.2) is 4.79 Å². The molecule has 0 saturated heterocycles. The lowest BCUT2D eigenvalue weighted by atomic mass is 9.66. The maximum absolute atomic E-state index is 11.9. The van der Waals surface area contributed by atoms with E-state index in [1.807, 2.05) is 26.8 Å². The zero-order valence-corrected chi connectivity index (χ0v) is 13.5. The van der Waals surface area contributed by atoms with E-state index in [0.717, 1.165) is 0 Å². The highest BCUT2D eigenvalue weighted by Crippen LogP contribution is 2.41. The van der Waals surface area contributed by atoms with Crippen molar-refractivity contribution >= 4 is 5.97 Å². The third-order valence-corrected chi connectivity index (χ3v) is 4.14. The molecule has 4 heteroatoms. The van der Waals surface area contributed by atoms with Gasteiger partial charge >= 0.3 is 5.97 Å². The van der Waals surface area contributed by atoms with Crippen LogP contribution in [-0.4, -0.2) is 34.0 Å². The van der Waals surface area contributed by atoms with E-state index in [1.54, 1.807) is 31.2 Å². The van der Waals surface area contributed by atoms with Gasteiger partial charge in [0, 0.05) is 0 Å². The van der Waals surface area contributed by atoms with Crippen LogP contribution in [0.25, 0.3) is 0 Å². The predicted octanol–water partition coefficient (Wildman–Crippen LogP) is 2.78. The fraction of sp³-hybridized carbons (Fsp3) is 0.588. The molecule has 2 N–H and O–H groups in total. The first kappa shape index (κ1) is 17.7. The van der Waals surface area contributed by atoms with Crippen molar-refractivity contribution in [1.82, 2.24) is 0 Å². The van der Waals surface area contributed by atoms with Crippen molar-refractivity contribution in [2.75, 3.05) is 6.61 Å². The number of carbonyl (C=O) groups excluding carboxylic acids is 1. The molecule has 0 aliphatic carbocycles. The highest BCUT2D eigenvalue weighted by molar-refractivity contribution is 5.89. The summed E-state index contributed by atoms with van der Waals surface area (Å²) in [7, 11) is 0. The fourth-order valence-corrected chi connectivity index (χ4v) is 2.70. The van der Waals surface area contributed by atoms with Crippen LogP contribution >= 0.6 is 0 Å². The Kier molecular flexibility index (Phi) is 5.18. The van der Waals surface area contributed by atoms with E-state index in [1.165, 1.54) is 6.92 Å². The summed E-state index contributed by atoms with van der Waals surface area (Å²) in [6.07, 6.45) is 0.354. The summed E-state index contributed by atoms with van der Waals surface area (Å²) in [6.45, 7) is 8.60. The van der Waals surface area contributed by atoms with Crippen LogP contribution < -0.4 is 0 Å². The molecule has 0 heterocycles. The zero-order valence-electron chi connectivity index (χ0n) is 13.5. The first-order chi connectivity index (χ1) is 9.55. The SMILES string of the molecule is CCC(O)(C(C)(C)C)C(C)(O)COC(=O)c1ccccc1. The van der Waals surface area contributed by atoms with Gasteiger partial charge < -0.3 is 14.9 Å². The standard InChI is InChI=1S/C17H26O4/c1-6-17(20,15(2,3)4)16(5,19)12-21-14(18)13-10-8-7-9-11-13/h7-11,19-20H,6,12H2,1-5H3. The first-order valence-corrected chi connectivity index (χ1v) is 7.22. The number of hydrogen-bond donors (Lipinski definition) is 2. The summed E-state index contributed by atoms with van der Waals surface area (Å²) in [5.41, 5.74) is -3.03. The van der Waals surface area contributed by atoms with Gasteiger partial charge in [-0.05, 0) is 30.9 Å². The lowest BCUT2D eigenvalue weighted by molar-refractivity contribution is -0.211. The van der Waals surface area contributed by atoms with E-state index in [2.05, 4.69) is 0 Å². The minimum atomic E-state index is -1.54. The van der Waals surface area contributed by atoms with E-state index in [9.17, 15) is 15.0 Å². The van der Waals surface area contributed by atoms with Gasteiger partial charge in [-0.3, -0.25) is 0 Å². The van der Waals surface area contributed by atoms with E-state index >= 15 is 0 Å². The van der Waals surface area contributed by atoms with Crippen LogP contribution in [0.15, 0.2) is 30.3 Å². The van der Waals surface area contributed by atoms with E-state index < -0.39 is 22.6 Å². The summed E-state index contributed by atoms with van der Waals surface area (Å²) in [4.78, 5) is 11.9. The number of aliphatic hydroxyl groups is 2. The van der Waals surface area contributed by atoms with Gasteiger partial charge in [-0.15, -0.1) is 0 Å². The van der Waals surface area contributed by atoms with Gasteiger partial charge in [0.25, 0.3) is 0 Å². The van der Waals surface area contributed by atoms with Crippen molar-refractivity contribution in [2.24, 2.45) is 5.41 Å². The summed E-state index contributed by atoms with van der Waals surface area (Å²) in [6, 6.07) is 8.58. The van der Waals surface area contributed by atoms with Crippen molar-refractivity contribution in [2.45, 2.75) is 52.2 Å². The van der Waals surface area contributed by atoms with Crippen molar-refractivity contribution in [1.29, 1.82) is 0 Å². The Morgan fingerprint density at radius 2 is 1.62 bits per heavy atom. The van der Waals surface area contributed by atoms with Gasteiger partial charge in [0.1, 0.15) is 17.8 Å². The second kappa shape index (κ2) is 6.16. The molecule has 0 aliphatic heterocycles. The van der Waals surface area contributed by atoms with Crippen molar-refractivity contribution in [3.8, 4) is 0 Å². The number of esters is 1. The molecular weight excluding hydrogens is 268 g/mol. The maximum atomic E-state index is 11.9. The van der Waals surface area contributed by atoms with E-state index in [-0.39, 0.29) is 6.61 Å². The van der Waals surface area contributed by atoms with Gasteiger partial charge in [0.2, 0.25) is 0 Å². The molecule has 4 nitrogen and oxygen atoms in total. The Balaban J connectivity index is 2.83. The lowest BCUT2D eigenvalue weighted by Gasteiger charge is -2.48. The molecule has 1 aromatic rings. The Bertz CT molecular complexity index is 473. The van der Waals surface area contributed by atoms with Crippen molar-refractivity contribution in [3.05, 3.63) is 35.9 Å². The van der Waals surface area contributed by atoms with Crippen LogP contribution in [0.4, 0.5) is 0 Å². The molecule has 1 aromatic carbocycles. The highest BCUT2D eigenvalue weighted by atomic mass is 16.5. The monoisotopic (exact) mass is 294 g/mol. The zero-order chi connectivity index (χ0) is 16.3. The Labute approximate surface area is 126 Å². The molecule has 0 radical (unpaired) electrons. The molecule has 1 rings (SSSR count). The smallest absolute Gasteiger partial charge is 0.338 e. The number of benzene rings is 1. The minimum absolute atomic E-state index is 0.262. The second-order valence-electron chi connectivity index (χ2n) is 6.68. The van der Waals surface area contributed by atoms with Gasteiger partial charge in [0.15, 0.2) is 0 Å². The molecule has 0 bridgehead atoms. The molecule has 0 aliphatic rings. The Morgan fingerprint density at radius 3 is 2.05 bits per heavy atom. The summed E-state index contributed by atoms with van der Waals surface area (Å²) in [5.74, 6) is -0.511. The molecule has 118 valence electrons. The number of rotatable bonds is 5. The Morgan fingerprint density at radius 1 is 1.10 bits per heavy atom. The molecule has 2 unspecified atom stereocenters. The third-order valence-electron chi connectivity index (χ3n) is 4.14.